The molecular formula is C21H26N2O3. The van der Waals surface area contributed by atoms with Crippen LogP contribution in [0.4, 0.5) is 0 Å². The number of rotatable bonds is 6. The van der Waals surface area contributed by atoms with E-state index in [1.807, 2.05) is 25.1 Å². The molecule has 26 heavy (non-hydrogen) atoms. The summed E-state index contributed by atoms with van der Waals surface area (Å²) in [5, 5.41) is 0. The highest BCUT2D eigenvalue weighted by molar-refractivity contribution is 6.08. The van der Waals surface area contributed by atoms with Crippen LogP contribution in [-0.4, -0.2) is 29.1 Å². The van der Waals surface area contributed by atoms with Crippen LogP contribution >= 0.6 is 0 Å². The quantitative estimate of drug-likeness (QED) is 0.572. The van der Waals surface area contributed by atoms with Crippen LogP contribution in [0.25, 0.3) is 0 Å². The highest BCUT2D eigenvalue weighted by Gasteiger charge is 2.43. The predicted octanol–water partition coefficient (Wildman–Crippen LogP) is 4.00. The molecule has 0 saturated heterocycles. The van der Waals surface area contributed by atoms with Gasteiger partial charge in [0.2, 0.25) is 0 Å². The first-order valence-electron chi connectivity index (χ1n) is 9.52. The van der Waals surface area contributed by atoms with E-state index in [9.17, 15) is 9.59 Å². The molecule has 1 aromatic rings. The molecule has 2 atom stereocenters. The Morgan fingerprint density at radius 2 is 2.12 bits per heavy atom. The van der Waals surface area contributed by atoms with Crippen molar-refractivity contribution in [3.63, 3.8) is 0 Å². The van der Waals surface area contributed by atoms with E-state index in [2.05, 4.69) is 16.9 Å². The minimum Gasteiger partial charge on any atom is -0.465 e. The smallest absolute Gasteiger partial charge is 0.315 e. The number of aromatic nitrogens is 1. The van der Waals surface area contributed by atoms with E-state index in [-0.39, 0.29) is 11.8 Å². The van der Waals surface area contributed by atoms with Gasteiger partial charge in [-0.3, -0.25) is 19.6 Å². The maximum Gasteiger partial charge on any atom is 0.315 e. The van der Waals surface area contributed by atoms with Crippen molar-refractivity contribution < 1.29 is 14.3 Å². The standard InChI is InChI=1S/C21H26N2O3/c1-3-4-7-13-26-21(25)18-14(2)23-16-10-8-11-17(24)19(16)20(18)15-9-5-6-12-22-15/h5-6,9,12,18,20H,3-4,7-8,10-11,13H2,1-2H3/t18?,20-/m0/s1. The number of hydrogen-bond donors (Lipinski definition) is 0. The summed E-state index contributed by atoms with van der Waals surface area (Å²) in [6.45, 7) is 4.38. The second kappa shape index (κ2) is 8.39. The fourth-order valence-electron chi connectivity index (χ4n) is 3.81. The molecule has 0 spiro atoms. The van der Waals surface area contributed by atoms with Gasteiger partial charge in [-0.05, 0) is 38.3 Å². The lowest BCUT2D eigenvalue weighted by molar-refractivity contribution is -0.146. The number of carbonyl (C=O) groups excluding carboxylic acids is 2. The van der Waals surface area contributed by atoms with Gasteiger partial charge >= 0.3 is 5.97 Å². The first-order chi connectivity index (χ1) is 12.6. The summed E-state index contributed by atoms with van der Waals surface area (Å²) in [7, 11) is 0. The van der Waals surface area contributed by atoms with Gasteiger partial charge in [0, 0.05) is 35.3 Å². The summed E-state index contributed by atoms with van der Waals surface area (Å²) in [5.74, 6) is -1.19. The number of ketones is 1. The Labute approximate surface area is 154 Å². The molecule has 2 aliphatic rings. The molecular weight excluding hydrogens is 328 g/mol. The number of unbranched alkanes of at least 4 members (excludes halogenated alkanes) is 2. The summed E-state index contributed by atoms with van der Waals surface area (Å²) in [4.78, 5) is 34.6. The minimum absolute atomic E-state index is 0.0851. The van der Waals surface area contributed by atoms with Crippen LogP contribution in [0.15, 0.2) is 40.7 Å². The predicted molar refractivity (Wildman–Crippen MR) is 99.9 cm³/mol. The third kappa shape index (κ3) is 3.76. The normalized spacial score (nSPS) is 22.7. The average Bonchev–Trinajstić information content (AvgIpc) is 2.65. The van der Waals surface area contributed by atoms with Crippen molar-refractivity contribution in [3.8, 4) is 0 Å². The van der Waals surface area contributed by atoms with Crippen LogP contribution in [0, 0.1) is 5.92 Å². The Hall–Kier alpha value is -2.30. The van der Waals surface area contributed by atoms with Crippen LogP contribution in [0.3, 0.4) is 0 Å². The second-order valence-electron chi connectivity index (χ2n) is 6.97. The second-order valence-corrected chi connectivity index (χ2v) is 6.97. The van der Waals surface area contributed by atoms with E-state index in [1.165, 1.54) is 0 Å². The van der Waals surface area contributed by atoms with Crippen molar-refractivity contribution in [1.29, 1.82) is 0 Å². The molecule has 138 valence electrons. The molecule has 0 aromatic carbocycles. The Balaban J connectivity index is 1.94. The maximum absolute atomic E-state index is 12.9. The number of pyridine rings is 1. The molecule has 0 radical (unpaired) electrons. The molecule has 5 heteroatoms. The third-order valence-corrected chi connectivity index (χ3v) is 5.09. The van der Waals surface area contributed by atoms with Crippen LogP contribution in [0.2, 0.25) is 0 Å². The lowest BCUT2D eigenvalue weighted by Crippen LogP contribution is -2.37. The summed E-state index contributed by atoms with van der Waals surface area (Å²) < 4.78 is 5.54. The molecule has 2 heterocycles. The van der Waals surface area contributed by atoms with Gasteiger partial charge in [-0.15, -0.1) is 0 Å². The van der Waals surface area contributed by atoms with Gasteiger partial charge in [-0.2, -0.15) is 0 Å². The number of Topliss-reactive ketones (excluding diaryl/α,β-unsaturated/α-hetero) is 1. The lowest BCUT2D eigenvalue weighted by Gasteiger charge is -2.33. The van der Waals surface area contributed by atoms with Gasteiger partial charge in [0.15, 0.2) is 5.78 Å². The van der Waals surface area contributed by atoms with Crippen molar-refractivity contribution >= 4 is 17.5 Å². The van der Waals surface area contributed by atoms with E-state index in [0.717, 1.165) is 49.2 Å². The van der Waals surface area contributed by atoms with Gasteiger partial charge in [0.25, 0.3) is 0 Å². The molecule has 1 aromatic heterocycles. The molecule has 5 nitrogen and oxygen atoms in total. The zero-order valence-electron chi connectivity index (χ0n) is 15.5. The van der Waals surface area contributed by atoms with Gasteiger partial charge in [-0.25, -0.2) is 0 Å². The third-order valence-electron chi connectivity index (χ3n) is 5.09. The van der Waals surface area contributed by atoms with E-state index in [4.69, 9.17) is 4.74 Å². The minimum atomic E-state index is -0.577. The fourth-order valence-corrected chi connectivity index (χ4v) is 3.81. The summed E-state index contributed by atoms with van der Waals surface area (Å²) in [6.07, 6.45) is 6.76. The van der Waals surface area contributed by atoms with Crippen LogP contribution in [0.5, 0.6) is 0 Å². The Kier molecular flexibility index (Phi) is 5.96. The van der Waals surface area contributed by atoms with Gasteiger partial charge < -0.3 is 4.74 Å². The summed E-state index contributed by atoms with van der Waals surface area (Å²) >= 11 is 0. The Morgan fingerprint density at radius 1 is 1.27 bits per heavy atom. The van der Waals surface area contributed by atoms with Gasteiger partial charge in [0.1, 0.15) is 5.92 Å². The van der Waals surface area contributed by atoms with Crippen molar-refractivity contribution in [2.45, 2.75) is 58.3 Å². The highest BCUT2D eigenvalue weighted by Crippen LogP contribution is 2.42. The van der Waals surface area contributed by atoms with Crippen molar-refractivity contribution in [2.75, 3.05) is 6.61 Å². The molecule has 1 aliphatic carbocycles. The number of esters is 1. The zero-order valence-corrected chi connectivity index (χ0v) is 15.5. The number of hydrogen-bond acceptors (Lipinski definition) is 5. The largest absolute Gasteiger partial charge is 0.465 e. The van der Waals surface area contributed by atoms with Gasteiger partial charge in [0.05, 0.1) is 12.5 Å². The number of allylic oxidation sites excluding steroid dienone is 2. The average molecular weight is 354 g/mol. The number of carbonyl (C=O) groups is 2. The summed E-state index contributed by atoms with van der Waals surface area (Å²) in [6, 6.07) is 5.61. The van der Waals surface area contributed by atoms with E-state index in [1.54, 1.807) is 6.20 Å². The summed E-state index contributed by atoms with van der Waals surface area (Å²) in [5.41, 5.74) is 2.94. The molecule has 0 amide bonds. The molecule has 3 rings (SSSR count). The van der Waals surface area contributed by atoms with E-state index < -0.39 is 11.8 Å². The number of nitrogens with zero attached hydrogens (tertiary/aromatic N) is 2. The molecule has 1 unspecified atom stereocenters. The molecule has 0 N–H and O–H groups in total. The fraction of sp³-hybridized carbons (Fsp3) is 0.524. The number of ether oxygens (including phenoxy) is 1. The van der Waals surface area contributed by atoms with Crippen molar-refractivity contribution in [3.05, 3.63) is 41.4 Å². The van der Waals surface area contributed by atoms with Crippen LogP contribution in [0.1, 0.15) is 64.0 Å². The zero-order chi connectivity index (χ0) is 18.5. The monoisotopic (exact) mass is 354 g/mol. The molecule has 0 saturated carbocycles. The van der Waals surface area contributed by atoms with E-state index >= 15 is 0 Å². The lowest BCUT2D eigenvalue weighted by atomic mass is 9.73. The topological polar surface area (TPSA) is 68.6 Å². The molecule has 0 fully saturated rings. The molecule has 1 aliphatic heterocycles. The van der Waals surface area contributed by atoms with Crippen LogP contribution in [-0.2, 0) is 14.3 Å². The number of aliphatic imine (C=N–C) groups is 1. The van der Waals surface area contributed by atoms with E-state index in [0.29, 0.717) is 18.6 Å². The highest BCUT2D eigenvalue weighted by atomic mass is 16.5. The van der Waals surface area contributed by atoms with Crippen molar-refractivity contribution in [1.82, 2.24) is 4.98 Å². The first-order valence-corrected chi connectivity index (χ1v) is 9.52. The first kappa shape index (κ1) is 18.5. The SMILES string of the molecule is CCCCCOC(=O)C1C(C)=NC2=C(C(=O)CCC2)[C@H]1c1ccccn1. The Bertz CT molecular complexity index is 737. The maximum atomic E-state index is 12.9. The van der Waals surface area contributed by atoms with Gasteiger partial charge in [-0.1, -0.05) is 25.8 Å². The van der Waals surface area contributed by atoms with Crippen LogP contribution < -0.4 is 0 Å². The Morgan fingerprint density at radius 3 is 2.85 bits per heavy atom. The van der Waals surface area contributed by atoms with Crippen molar-refractivity contribution in [2.24, 2.45) is 10.9 Å². The molecule has 0 bridgehead atoms.